The molecule has 2 rings (SSSR count). The van der Waals surface area contributed by atoms with Crippen molar-refractivity contribution in [3.8, 4) is 0 Å². The molecule has 0 amide bonds. The van der Waals surface area contributed by atoms with E-state index in [2.05, 4.69) is 44.1 Å². The minimum atomic E-state index is -0.133. The van der Waals surface area contributed by atoms with Crippen molar-refractivity contribution in [2.75, 3.05) is 5.32 Å². The standard InChI is InChI=1S/C17H23N3/c1-12-10-14(11-19-16(12)20-17(2,3)4)15(18)13-8-6-5-7-9-13/h5-11,15H,18H2,1-4H3,(H,19,20). The van der Waals surface area contributed by atoms with Crippen LogP contribution in [0.1, 0.15) is 43.5 Å². The number of anilines is 1. The van der Waals surface area contributed by atoms with Crippen molar-refractivity contribution in [2.24, 2.45) is 5.73 Å². The highest BCUT2D eigenvalue weighted by Gasteiger charge is 2.14. The Labute approximate surface area is 121 Å². The Morgan fingerprint density at radius 1 is 1.10 bits per heavy atom. The van der Waals surface area contributed by atoms with E-state index in [4.69, 9.17) is 5.73 Å². The predicted octanol–water partition coefficient (Wildman–Crippen LogP) is 3.65. The molecule has 1 aromatic heterocycles. The van der Waals surface area contributed by atoms with E-state index in [1.165, 1.54) is 0 Å². The number of hydrogen-bond acceptors (Lipinski definition) is 3. The fourth-order valence-electron chi connectivity index (χ4n) is 2.11. The molecule has 3 nitrogen and oxygen atoms in total. The fraction of sp³-hybridized carbons (Fsp3) is 0.353. The maximum absolute atomic E-state index is 6.30. The minimum Gasteiger partial charge on any atom is -0.365 e. The summed E-state index contributed by atoms with van der Waals surface area (Å²) < 4.78 is 0. The molecule has 1 unspecified atom stereocenters. The third-order valence-corrected chi connectivity index (χ3v) is 3.11. The van der Waals surface area contributed by atoms with E-state index >= 15 is 0 Å². The first-order valence-electron chi connectivity index (χ1n) is 6.92. The lowest BCUT2D eigenvalue weighted by atomic mass is 10.00. The fourth-order valence-corrected chi connectivity index (χ4v) is 2.11. The Hall–Kier alpha value is -1.87. The van der Waals surface area contributed by atoms with Crippen LogP contribution >= 0.6 is 0 Å². The second kappa shape index (κ2) is 5.63. The van der Waals surface area contributed by atoms with Gasteiger partial charge in [0.25, 0.3) is 0 Å². The van der Waals surface area contributed by atoms with Crippen LogP contribution in [0.3, 0.4) is 0 Å². The molecule has 0 aliphatic rings. The Kier molecular flexibility index (Phi) is 4.09. The molecule has 2 aromatic rings. The van der Waals surface area contributed by atoms with Gasteiger partial charge in [0.2, 0.25) is 0 Å². The van der Waals surface area contributed by atoms with Gasteiger partial charge in [0, 0.05) is 11.7 Å². The van der Waals surface area contributed by atoms with Gasteiger partial charge in [-0.1, -0.05) is 30.3 Å². The van der Waals surface area contributed by atoms with Crippen LogP contribution in [0.15, 0.2) is 42.6 Å². The van der Waals surface area contributed by atoms with Gasteiger partial charge in [0.05, 0.1) is 6.04 Å². The molecule has 106 valence electrons. The van der Waals surface area contributed by atoms with Gasteiger partial charge in [0.1, 0.15) is 5.82 Å². The van der Waals surface area contributed by atoms with Crippen LogP contribution in [-0.2, 0) is 0 Å². The van der Waals surface area contributed by atoms with Gasteiger partial charge < -0.3 is 11.1 Å². The topological polar surface area (TPSA) is 50.9 Å². The van der Waals surface area contributed by atoms with E-state index < -0.39 is 0 Å². The van der Waals surface area contributed by atoms with Crippen molar-refractivity contribution >= 4 is 5.82 Å². The maximum Gasteiger partial charge on any atom is 0.129 e. The van der Waals surface area contributed by atoms with Crippen LogP contribution in [0.5, 0.6) is 0 Å². The molecule has 0 bridgehead atoms. The monoisotopic (exact) mass is 269 g/mol. The summed E-state index contributed by atoms with van der Waals surface area (Å²) in [7, 11) is 0. The molecule has 1 heterocycles. The van der Waals surface area contributed by atoms with E-state index in [-0.39, 0.29) is 11.6 Å². The number of rotatable bonds is 3. The number of aryl methyl sites for hydroxylation is 1. The molecular formula is C17H23N3. The van der Waals surface area contributed by atoms with Gasteiger partial charge >= 0.3 is 0 Å². The second-order valence-corrected chi connectivity index (χ2v) is 6.20. The van der Waals surface area contributed by atoms with Crippen molar-refractivity contribution in [1.82, 2.24) is 4.98 Å². The number of pyridine rings is 1. The largest absolute Gasteiger partial charge is 0.365 e. The number of aromatic nitrogens is 1. The summed E-state index contributed by atoms with van der Waals surface area (Å²) in [6.45, 7) is 8.43. The second-order valence-electron chi connectivity index (χ2n) is 6.20. The van der Waals surface area contributed by atoms with Gasteiger partial charge in [-0.3, -0.25) is 0 Å². The van der Waals surface area contributed by atoms with Crippen molar-refractivity contribution in [1.29, 1.82) is 0 Å². The molecule has 20 heavy (non-hydrogen) atoms. The van der Waals surface area contributed by atoms with Crippen LogP contribution < -0.4 is 11.1 Å². The average molecular weight is 269 g/mol. The van der Waals surface area contributed by atoms with Gasteiger partial charge in [-0.15, -0.1) is 0 Å². The summed E-state index contributed by atoms with van der Waals surface area (Å²) in [5.74, 6) is 0.918. The average Bonchev–Trinajstić information content (AvgIpc) is 2.40. The summed E-state index contributed by atoms with van der Waals surface area (Å²) in [5, 5.41) is 3.40. The normalized spacial score (nSPS) is 13.1. The molecular weight excluding hydrogens is 246 g/mol. The van der Waals surface area contributed by atoms with Gasteiger partial charge in [-0.05, 0) is 50.5 Å². The molecule has 1 aromatic carbocycles. The molecule has 0 saturated heterocycles. The number of benzene rings is 1. The molecule has 0 fully saturated rings. The quantitative estimate of drug-likeness (QED) is 0.894. The molecule has 1 atom stereocenters. The van der Waals surface area contributed by atoms with Gasteiger partial charge in [-0.2, -0.15) is 0 Å². The van der Waals surface area contributed by atoms with E-state index in [1.807, 2.05) is 36.5 Å². The number of nitrogens with two attached hydrogens (primary N) is 1. The van der Waals surface area contributed by atoms with E-state index in [0.717, 1.165) is 22.5 Å². The highest BCUT2D eigenvalue weighted by molar-refractivity contribution is 5.47. The van der Waals surface area contributed by atoms with Gasteiger partial charge in [-0.25, -0.2) is 4.98 Å². The third kappa shape index (κ3) is 3.58. The maximum atomic E-state index is 6.30. The summed E-state index contributed by atoms with van der Waals surface area (Å²) in [4.78, 5) is 4.52. The van der Waals surface area contributed by atoms with Crippen LogP contribution in [0.2, 0.25) is 0 Å². The summed E-state index contributed by atoms with van der Waals surface area (Å²) in [6, 6.07) is 12.1. The minimum absolute atomic E-state index is 0.000816. The molecule has 0 aliphatic carbocycles. The van der Waals surface area contributed by atoms with Crippen molar-refractivity contribution in [3.05, 3.63) is 59.3 Å². The SMILES string of the molecule is Cc1cc(C(N)c2ccccc2)cnc1NC(C)(C)C. The molecule has 0 aliphatic heterocycles. The lowest BCUT2D eigenvalue weighted by Crippen LogP contribution is -2.27. The van der Waals surface area contributed by atoms with Crippen LogP contribution in [0.25, 0.3) is 0 Å². The Balaban J connectivity index is 2.25. The highest BCUT2D eigenvalue weighted by atomic mass is 15.0. The number of nitrogens with zero attached hydrogens (tertiary/aromatic N) is 1. The first kappa shape index (κ1) is 14.5. The van der Waals surface area contributed by atoms with Crippen LogP contribution in [0, 0.1) is 6.92 Å². The van der Waals surface area contributed by atoms with E-state index in [9.17, 15) is 0 Å². The van der Waals surface area contributed by atoms with Gasteiger partial charge in [0.15, 0.2) is 0 Å². The predicted molar refractivity (Wildman–Crippen MR) is 84.8 cm³/mol. The van der Waals surface area contributed by atoms with Crippen LogP contribution in [-0.4, -0.2) is 10.5 Å². The van der Waals surface area contributed by atoms with Crippen molar-refractivity contribution < 1.29 is 0 Å². The summed E-state index contributed by atoms with van der Waals surface area (Å²) >= 11 is 0. The zero-order valence-electron chi connectivity index (χ0n) is 12.6. The lowest BCUT2D eigenvalue weighted by Gasteiger charge is -2.23. The first-order chi connectivity index (χ1) is 9.37. The van der Waals surface area contributed by atoms with E-state index in [0.29, 0.717) is 0 Å². The third-order valence-electron chi connectivity index (χ3n) is 3.11. The summed E-state index contributed by atoms with van der Waals surface area (Å²) in [5.41, 5.74) is 9.55. The Morgan fingerprint density at radius 3 is 2.30 bits per heavy atom. The van der Waals surface area contributed by atoms with Crippen molar-refractivity contribution in [2.45, 2.75) is 39.3 Å². The Bertz CT molecular complexity index is 571. The van der Waals surface area contributed by atoms with E-state index in [1.54, 1.807) is 0 Å². The zero-order valence-corrected chi connectivity index (χ0v) is 12.6. The van der Waals surface area contributed by atoms with Crippen LogP contribution in [0.4, 0.5) is 5.82 Å². The summed E-state index contributed by atoms with van der Waals surface area (Å²) in [6.07, 6.45) is 1.86. The highest BCUT2D eigenvalue weighted by Crippen LogP contribution is 2.23. The molecule has 3 heteroatoms. The Morgan fingerprint density at radius 2 is 1.75 bits per heavy atom. The smallest absolute Gasteiger partial charge is 0.129 e. The molecule has 3 N–H and O–H groups in total. The lowest BCUT2D eigenvalue weighted by molar-refractivity contribution is 0.629. The molecule has 0 saturated carbocycles. The number of hydrogen-bond donors (Lipinski definition) is 2. The first-order valence-corrected chi connectivity index (χ1v) is 6.92. The zero-order chi connectivity index (χ0) is 14.8. The number of nitrogens with one attached hydrogen (secondary N) is 1. The molecule has 0 spiro atoms. The molecule has 0 radical (unpaired) electrons. The van der Waals surface area contributed by atoms with Crippen molar-refractivity contribution in [3.63, 3.8) is 0 Å².